The first-order chi connectivity index (χ1) is 28.1. The molecule has 0 N–H and O–H groups in total. The van der Waals surface area contributed by atoms with E-state index in [0.717, 1.165) is 5.69 Å². The van der Waals surface area contributed by atoms with E-state index in [9.17, 15) is 0 Å². The summed E-state index contributed by atoms with van der Waals surface area (Å²) in [5, 5.41) is 5.06. The van der Waals surface area contributed by atoms with Crippen molar-refractivity contribution in [3.05, 3.63) is 211 Å². The van der Waals surface area contributed by atoms with Crippen LogP contribution in [0.15, 0.2) is 200 Å². The maximum Gasteiger partial charge on any atom is 0.0555 e. The average Bonchev–Trinajstić information content (AvgIpc) is 3.78. The van der Waals surface area contributed by atoms with Crippen molar-refractivity contribution in [2.75, 3.05) is 4.90 Å². The highest BCUT2D eigenvalue weighted by molar-refractivity contribution is 7.27. The summed E-state index contributed by atoms with van der Waals surface area (Å²) in [6.07, 6.45) is 0. The zero-order chi connectivity index (χ0) is 38.1. The van der Waals surface area contributed by atoms with Crippen LogP contribution in [0.2, 0.25) is 0 Å². The summed E-state index contributed by atoms with van der Waals surface area (Å²) in [7, 11) is 0. The van der Waals surface area contributed by atoms with E-state index in [1.165, 1.54) is 98.0 Å². The summed E-state index contributed by atoms with van der Waals surface area (Å²) in [5.74, 6) is 0. The lowest BCUT2D eigenvalue weighted by atomic mass is 9.82. The van der Waals surface area contributed by atoms with Crippen LogP contribution in [0.5, 0.6) is 0 Å². The van der Waals surface area contributed by atoms with Gasteiger partial charge in [-0.05, 0) is 85.1 Å². The quantitative estimate of drug-likeness (QED) is 0.164. The molecule has 0 spiro atoms. The molecule has 0 unspecified atom stereocenters. The third-order valence-corrected chi connectivity index (χ3v) is 13.4. The molecule has 0 aliphatic heterocycles. The van der Waals surface area contributed by atoms with Gasteiger partial charge in [-0.2, -0.15) is 0 Å². The molecule has 0 amide bonds. The Morgan fingerprint density at radius 3 is 1.74 bits per heavy atom. The molecule has 1 aliphatic carbocycles. The van der Waals surface area contributed by atoms with Crippen molar-refractivity contribution in [1.82, 2.24) is 0 Å². The van der Waals surface area contributed by atoms with Crippen LogP contribution < -0.4 is 4.90 Å². The maximum absolute atomic E-state index is 2.54. The molecule has 2 heteroatoms. The van der Waals surface area contributed by atoms with E-state index >= 15 is 0 Å². The van der Waals surface area contributed by atoms with Gasteiger partial charge in [-0.3, -0.25) is 0 Å². The maximum atomic E-state index is 2.54. The fourth-order valence-corrected chi connectivity index (χ4v) is 10.8. The monoisotopic (exact) mass is 745 g/mol. The molecule has 270 valence electrons. The lowest BCUT2D eigenvalue weighted by Crippen LogP contribution is -2.16. The van der Waals surface area contributed by atoms with Crippen LogP contribution in [0.25, 0.3) is 75.5 Å². The van der Waals surface area contributed by atoms with Gasteiger partial charge < -0.3 is 4.90 Å². The third kappa shape index (κ3) is 5.29. The van der Waals surface area contributed by atoms with Crippen LogP contribution in [-0.4, -0.2) is 0 Å². The Labute approximate surface area is 337 Å². The fourth-order valence-electron chi connectivity index (χ4n) is 9.36. The van der Waals surface area contributed by atoms with E-state index in [4.69, 9.17) is 0 Å². The van der Waals surface area contributed by atoms with Crippen molar-refractivity contribution in [2.24, 2.45) is 0 Å². The summed E-state index contributed by atoms with van der Waals surface area (Å²) < 4.78 is 2.60. The molecule has 0 fully saturated rings. The topological polar surface area (TPSA) is 3.24 Å². The minimum absolute atomic E-state index is 0.127. The first kappa shape index (κ1) is 33.6. The van der Waals surface area contributed by atoms with Gasteiger partial charge in [0, 0.05) is 36.8 Å². The summed E-state index contributed by atoms with van der Waals surface area (Å²) in [4.78, 5) is 2.54. The molecular weight excluding hydrogens is 707 g/mol. The van der Waals surface area contributed by atoms with Crippen molar-refractivity contribution < 1.29 is 0 Å². The number of nitrogens with zero attached hydrogens (tertiary/aromatic N) is 1. The zero-order valence-electron chi connectivity index (χ0n) is 31.9. The molecule has 0 bridgehead atoms. The van der Waals surface area contributed by atoms with Crippen LogP contribution in [-0.2, 0) is 5.41 Å². The molecule has 1 nitrogen and oxygen atoms in total. The molecule has 1 aromatic heterocycles. The van der Waals surface area contributed by atoms with Crippen LogP contribution >= 0.6 is 11.3 Å². The van der Waals surface area contributed by atoms with Crippen LogP contribution in [0.3, 0.4) is 0 Å². The molecule has 11 rings (SSSR count). The van der Waals surface area contributed by atoms with Gasteiger partial charge >= 0.3 is 0 Å². The number of rotatable bonds is 6. The fraction of sp³-hybridized carbons (Fsp3) is 0.0545. The van der Waals surface area contributed by atoms with Gasteiger partial charge in [0.1, 0.15) is 0 Å². The Hall–Kier alpha value is -6.74. The molecule has 1 heterocycles. The number of fused-ring (bicyclic) bond motifs is 7. The molecule has 0 atom stereocenters. The summed E-state index contributed by atoms with van der Waals surface area (Å²) in [6.45, 7) is 4.74. The Kier molecular flexibility index (Phi) is 7.77. The molecule has 10 aromatic rings. The molecule has 57 heavy (non-hydrogen) atoms. The smallest absolute Gasteiger partial charge is 0.0555 e. The SMILES string of the molecule is CC1(C)c2ccccc2-c2c(N(c3ccc(-c4cccc5ccccc45)cc3)c3ccc(-c4ccccc4)c4sc5c(-c6ccccc6)cccc5c34)cccc21. The first-order valence-electron chi connectivity index (χ1n) is 19.8. The van der Waals surface area contributed by atoms with Crippen molar-refractivity contribution in [3.63, 3.8) is 0 Å². The number of thiophene rings is 1. The summed E-state index contributed by atoms with van der Waals surface area (Å²) in [6, 6.07) is 73.7. The van der Waals surface area contributed by atoms with E-state index in [1.807, 2.05) is 11.3 Å². The Morgan fingerprint density at radius 1 is 0.386 bits per heavy atom. The minimum atomic E-state index is -0.127. The standard InChI is InChI=1S/C55H39NS/c1-55(2)47-27-12-11-23-45(47)51-48(55)28-15-29-49(51)56(40-32-30-39(31-33-40)42-24-13-21-36-20-9-10-22-41(36)42)50-35-34-44(38-18-7-4-8-19-38)54-52(50)46-26-14-25-43(53(46)57-54)37-16-5-3-6-17-37/h3-35H,1-2H3. The van der Waals surface area contributed by atoms with E-state index in [-0.39, 0.29) is 5.41 Å². The van der Waals surface area contributed by atoms with E-state index in [1.54, 1.807) is 0 Å². The molecular formula is C55H39NS. The third-order valence-electron chi connectivity index (χ3n) is 12.1. The Balaban J connectivity index is 1.21. The molecule has 0 saturated heterocycles. The van der Waals surface area contributed by atoms with Gasteiger partial charge in [0.05, 0.1) is 11.4 Å². The second kappa shape index (κ2) is 13.2. The van der Waals surface area contributed by atoms with Gasteiger partial charge in [0.2, 0.25) is 0 Å². The van der Waals surface area contributed by atoms with Gasteiger partial charge in [0.15, 0.2) is 0 Å². The molecule has 9 aromatic carbocycles. The lowest BCUT2D eigenvalue weighted by Gasteiger charge is -2.30. The zero-order valence-corrected chi connectivity index (χ0v) is 32.7. The average molecular weight is 746 g/mol. The Morgan fingerprint density at radius 2 is 0.947 bits per heavy atom. The van der Waals surface area contributed by atoms with Gasteiger partial charge in [-0.15, -0.1) is 11.3 Å². The van der Waals surface area contributed by atoms with Gasteiger partial charge in [-0.25, -0.2) is 0 Å². The summed E-state index contributed by atoms with van der Waals surface area (Å²) in [5.41, 5.74) is 16.1. The van der Waals surface area contributed by atoms with Crippen molar-refractivity contribution >= 4 is 59.3 Å². The minimum Gasteiger partial charge on any atom is -0.309 e. The van der Waals surface area contributed by atoms with Crippen molar-refractivity contribution in [3.8, 4) is 44.5 Å². The number of benzene rings is 9. The van der Waals surface area contributed by atoms with Crippen LogP contribution in [0.1, 0.15) is 25.0 Å². The normalized spacial score (nSPS) is 12.9. The Bertz CT molecular complexity index is 3130. The second-order valence-corrected chi connectivity index (χ2v) is 16.7. The van der Waals surface area contributed by atoms with Crippen molar-refractivity contribution in [1.29, 1.82) is 0 Å². The number of anilines is 3. The molecule has 0 saturated carbocycles. The highest BCUT2D eigenvalue weighted by atomic mass is 32.1. The first-order valence-corrected chi connectivity index (χ1v) is 20.6. The van der Waals surface area contributed by atoms with Crippen LogP contribution in [0.4, 0.5) is 17.1 Å². The van der Waals surface area contributed by atoms with E-state index < -0.39 is 0 Å². The molecule has 0 radical (unpaired) electrons. The van der Waals surface area contributed by atoms with Gasteiger partial charge in [-0.1, -0.05) is 190 Å². The number of hydrogen-bond donors (Lipinski definition) is 0. The lowest BCUT2D eigenvalue weighted by molar-refractivity contribution is 0.660. The predicted octanol–water partition coefficient (Wildman–Crippen LogP) is 16.0. The van der Waals surface area contributed by atoms with Gasteiger partial charge in [0.25, 0.3) is 0 Å². The highest BCUT2D eigenvalue weighted by Crippen LogP contribution is 2.56. The number of hydrogen-bond acceptors (Lipinski definition) is 2. The van der Waals surface area contributed by atoms with Crippen molar-refractivity contribution in [2.45, 2.75) is 19.3 Å². The van der Waals surface area contributed by atoms with Crippen LogP contribution in [0, 0.1) is 0 Å². The molecule has 1 aliphatic rings. The largest absolute Gasteiger partial charge is 0.309 e. The van der Waals surface area contributed by atoms with E-state index in [2.05, 4.69) is 219 Å². The highest BCUT2D eigenvalue weighted by Gasteiger charge is 2.38. The predicted molar refractivity (Wildman–Crippen MR) is 245 cm³/mol. The van der Waals surface area contributed by atoms with E-state index in [0.29, 0.717) is 0 Å². The summed E-state index contributed by atoms with van der Waals surface area (Å²) >= 11 is 1.91. The second-order valence-electron chi connectivity index (χ2n) is 15.6.